The van der Waals surface area contributed by atoms with E-state index in [4.69, 9.17) is 9.47 Å². The minimum atomic E-state index is -0.210. The Morgan fingerprint density at radius 3 is 2.75 bits per heavy atom. The summed E-state index contributed by atoms with van der Waals surface area (Å²) in [7, 11) is 1.53. The number of carbonyl (C=O) groups excluding carboxylic acids is 1. The molecule has 28 heavy (non-hydrogen) atoms. The number of ether oxygens (including phenoxy) is 2. The Kier molecular flexibility index (Phi) is 4.64. The van der Waals surface area contributed by atoms with Crippen LogP contribution in [0.2, 0.25) is 0 Å². The Morgan fingerprint density at radius 2 is 2.07 bits per heavy atom. The van der Waals surface area contributed by atoms with E-state index in [1.54, 1.807) is 29.1 Å². The zero-order valence-corrected chi connectivity index (χ0v) is 15.9. The average Bonchev–Trinajstić information content (AvgIpc) is 3.35. The lowest BCUT2D eigenvalue weighted by atomic mass is 10.2. The molecule has 0 radical (unpaired) electrons. The Bertz CT molecular complexity index is 1050. The van der Waals surface area contributed by atoms with Crippen molar-refractivity contribution in [2.24, 2.45) is 11.0 Å². The lowest BCUT2D eigenvalue weighted by molar-refractivity contribution is -0.135. The maximum absolute atomic E-state index is 11.9. The largest absolute Gasteiger partial charge is 0.493 e. The highest BCUT2D eigenvalue weighted by molar-refractivity contribution is 5.82. The predicted molar refractivity (Wildman–Crippen MR) is 101 cm³/mol. The first-order valence-corrected chi connectivity index (χ1v) is 8.93. The number of methoxy groups -OCH3 is 1. The molecule has 0 atom stereocenters. The first-order chi connectivity index (χ1) is 13.5. The summed E-state index contributed by atoms with van der Waals surface area (Å²) in [4.78, 5) is 11.9. The van der Waals surface area contributed by atoms with Gasteiger partial charge in [-0.1, -0.05) is 0 Å². The quantitative estimate of drug-likeness (QED) is 0.370. The van der Waals surface area contributed by atoms with Crippen LogP contribution in [0, 0.1) is 19.8 Å². The van der Waals surface area contributed by atoms with Crippen molar-refractivity contribution >= 4 is 12.2 Å². The number of carbonyl (C=O) groups is 1. The summed E-state index contributed by atoms with van der Waals surface area (Å²) in [5.74, 6) is 1.18. The molecular weight excluding hydrogens is 360 g/mol. The monoisotopic (exact) mass is 380 g/mol. The van der Waals surface area contributed by atoms with Gasteiger partial charge in [-0.15, -0.1) is 10.2 Å². The van der Waals surface area contributed by atoms with Crippen molar-refractivity contribution < 1.29 is 14.3 Å². The van der Waals surface area contributed by atoms with Gasteiger partial charge in [0, 0.05) is 5.69 Å². The molecule has 1 fully saturated rings. The fourth-order valence-electron chi connectivity index (χ4n) is 2.76. The van der Waals surface area contributed by atoms with Crippen molar-refractivity contribution in [3.8, 4) is 17.4 Å². The maximum Gasteiger partial charge on any atom is 0.314 e. The topological polar surface area (TPSA) is 96.4 Å². The normalized spacial score (nSPS) is 13.8. The minimum Gasteiger partial charge on any atom is -0.493 e. The molecule has 2 aromatic heterocycles. The van der Waals surface area contributed by atoms with E-state index < -0.39 is 0 Å². The molecule has 0 amide bonds. The Labute approximate surface area is 161 Å². The Balaban J connectivity index is 1.56. The molecule has 1 aliphatic rings. The van der Waals surface area contributed by atoms with E-state index in [2.05, 4.69) is 20.4 Å². The smallest absolute Gasteiger partial charge is 0.314 e. The number of nitrogens with zero attached hydrogens (tertiary/aromatic N) is 6. The molecule has 9 nitrogen and oxygen atoms in total. The second-order valence-electron chi connectivity index (χ2n) is 6.66. The summed E-state index contributed by atoms with van der Waals surface area (Å²) in [5.41, 5.74) is 2.60. The van der Waals surface area contributed by atoms with Crippen LogP contribution in [0.4, 0.5) is 0 Å². The first-order valence-electron chi connectivity index (χ1n) is 8.93. The van der Waals surface area contributed by atoms with E-state index >= 15 is 0 Å². The molecule has 1 saturated carbocycles. The van der Waals surface area contributed by atoms with Gasteiger partial charge in [0.2, 0.25) is 0 Å². The van der Waals surface area contributed by atoms with Crippen LogP contribution in [-0.4, -0.2) is 43.9 Å². The standard InChI is InChI=1S/C19H20N6O3/c1-12-8-13(2)25(23-12)19-22-20-11-24(19)21-10-14-4-7-16(17(9-14)27-3)28-18(26)15-5-6-15/h4,7-11,15H,5-6H2,1-3H3/b21-10-. The third-order valence-electron chi connectivity index (χ3n) is 4.35. The molecule has 0 spiro atoms. The lowest BCUT2D eigenvalue weighted by Crippen LogP contribution is -2.10. The summed E-state index contributed by atoms with van der Waals surface area (Å²) < 4.78 is 14.0. The lowest BCUT2D eigenvalue weighted by Gasteiger charge is -2.09. The molecule has 9 heteroatoms. The Morgan fingerprint density at radius 1 is 1.25 bits per heavy atom. The number of hydrogen-bond acceptors (Lipinski definition) is 7. The predicted octanol–water partition coefficient (Wildman–Crippen LogP) is 2.29. The summed E-state index contributed by atoms with van der Waals surface area (Å²) in [6.07, 6.45) is 4.93. The molecule has 0 aliphatic heterocycles. The average molecular weight is 380 g/mol. The van der Waals surface area contributed by atoms with Crippen molar-refractivity contribution in [1.29, 1.82) is 0 Å². The molecule has 0 N–H and O–H groups in total. The van der Waals surface area contributed by atoms with Gasteiger partial charge in [-0.25, -0.2) is 4.68 Å². The van der Waals surface area contributed by atoms with E-state index in [0.29, 0.717) is 17.4 Å². The van der Waals surface area contributed by atoms with Gasteiger partial charge in [0.05, 0.1) is 24.9 Å². The minimum absolute atomic E-state index is 0.0208. The summed E-state index contributed by atoms with van der Waals surface area (Å²) >= 11 is 0. The van der Waals surface area contributed by atoms with Gasteiger partial charge < -0.3 is 9.47 Å². The molecule has 0 saturated heterocycles. The molecule has 4 rings (SSSR count). The summed E-state index contributed by atoms with van der Waals surface area (Å²) in [6, 6.07) is 7.21. The number of aryl methyl sites for hydroxylation is 2. The highest BCUT2D eigenvalue weighted by Gasteiger charge is 2.32. The number of esters is 1. The molecular formula is C19H20N6O3. The van der Waals surface area contributed by atoms with Crippen LogP contribution >= 0.6 is 0 Å². The van der Waals surface area contributed by atoms with Gasteiger partial charge in [-0.3, -0.25) is 4.79 Å². The number of hydrogen-bond donors (Lipinski definition) is 0. The van der Waals surface area contributed by atoms with E-state index in [0.717, 1.165) is 29.8 Å². The van der Waals surface area contributed by atoms with E-state index in [1.807, 2.05) is 19.9 Å². The Hall–Kier alpha value is -3.49. The molecule has 3 aromatic rings. The molecule has 1 aliphatic carbocycles. The van der Waals surface area contributed by atoms with E-state index in [9.17, 15) is 4.79 Å². The molecule has 0 bridgehead atoms. The number of benzene rings is 1. The van der Waals surface area contributed by atoms with E-state index in [1.165, 1.54) is 18.1 Å². The van der Waals surface area contributed by atoms with Crippen LogP contribution < -0.4 is 9.47 Å². The van der Waals surface area contributed by atoms with Gasteiger partial charge in [0.15, 0.2) is 11.5 Å². The van der Waals surface area contributed by atoms with Gasteiger partial charge >= 0.3 is 5.97 Å². The fourth-order valence-corrected chi connectivity index (χ4v) is 2.76. The molecule has 2 heterocycles. The summed E-state index contributed by atoms with van der Waals surface area (Å²) in [6.45, 7) is 3.85. The molecule has 144 valence electrons. The van der Waals surface area contributed by atoms with Crippen molar-refractivity contribution in [1.82, 2.24) is 24.7 Å². The molecule has 0 unspecified atom stereocenters. The zero-order valence-electron chi connectivity index (χ0n) is 15.9. The maximum atomic E-state index is 11.9. The van der Waals surface area contributed by atoms with Crippen molar-refractivity contribution in [3.63, 3.8) is 0 Å². The number of aromatic nitrogens is 5. The van der Waals surface area contributed by atoms with Gasteiger partial charge in [0.1, 0.15) is 6.33 Å². The van der Waals surface area contributed by atoms with Crippen LogP contribution in [0.1, 0.15) is 29.8 Å². The van der Waals surface area contributed by atoms with Gasteiger partial charge in [-0.05, 0) is 56.5 Å². The third-order valence-corrected chi connectivity index (χ3v) is 4.35. The van der Waals surface area contributed by atoms with Crippen molar-refractivity contribution in [2.75, 3.05) is 7.11 Å². The SMILES string of the molecule is COc1cc(/C=N\n2cnnc2-n2nc(C)cc2C)ccc1OC(=O)C1CC1. The van der Waals surface area contributed by atoms with E-state index in [-0.39, 0.29) is 11.9 Å². The first kappa shape index (κ1) is 17.9. The molecule has 1 aromatic carbocycles. The second-order valence-corrected chi connectivity index (χ2v) is 6.66. The van der Waals surface area contributed by atoms with Gasteiger partial charge in [0.25, 0.3) is 5.95 Å². The van der Waals surface area contributed by atoms with Crippen LogP contribution in [0.15, 0.2) is 35.7 Å². The highest BCUT2D eigenvalue weighted by atomic mass is 16.6. The van der Waals surface area contributed by atoms with Crippen molar-refractivity contribution in [2.45, 2.75) is 26.7 Å². The van der Waals surface area contributed by atoms with Crippen LogP contribution in [0.3, 0.4) is 0 Å². The highest BCUT2D eigenvalue weighted by Crippen LogP contribution is 2.34. The van der Waals surface area contributed by atoms with Crippen LogP contribution in [-0.2, 0) is 4.79 Å². The van der Waals surface area contributed by atoms with Gasteiger partial charge in [-0.2, -0.15) is 14.9 Å². The number of rotatable bonds is 6. The fraction of sp³-hybridized carbons (Fsp3) is 0.316. The van der Waals surface area contributed by atoms with Crippen LogP contribution in [0.25, 0.3) is 5.95 Å². The second kappa shape index (κ2) is 7.26. The summed E-state index contributed by atoms with van der Waals surface area (Å²) in [5, 5.41) is 16.8. The van der Waals surface area contributed by atoms with Crippen LogP contribution in [0.5, 0.6) is 11.5 Å². The third kappa shape index (κ3) is 3.64. The van der Waals surface area contributed by atoms with Crippen molar-refractivity contribution in [3.05, 3.63) is 47.5 Å². The zero-order chi connectivity index (χ0) is 19.7.